The van der Waals surface area contributed by atoms with Crippen LogP contribution in [0.1, 0.15) is 38.7 Å². The van der Waals surface area contributed by atoms with E-state index >= 15 is 0 Å². The Labute approximate surface area is 193 Å². The van der Waals surface area contributed by atoms with Crippen LogP contribution in [-0.4, -0.2) is 17.8 Å². The Kier molecular flexibility index (Phi) is 6.03. The number of nitrogens with zero attached hydrogens (tertiary/aromatic N) is 1. The molecule has 4 atom stereocenters. The standard InChI is InChI=1S/C24H28Cl2N4O/c1-13(2)9-14(3)22-24(18-8-7-17(26)11-20(18)28-23(24)31)19(12-21(29-22)30-27)15-5-4-6-16(25)10-15/h4-8,11,13,15,19,22H,3,9-10,12,27H2,1-2H3,(H,28,31)(H,29,30)/t15?,19-,22+,24-/m0/s1. The second-order valence-corrected chi connectivity index (χ2v) is 9.99. The molecule has 0 saturated carbocycles. The zero-order chi connectivity index (χ0) is 22.3. The smallest absolute Gasteiger partial charge is 0.237 e. The average molecular weight is 459 g/mol. The van der Waals surface area contributed by atoms with E-state index in [1.165, 1.54) is 0 Å². The summed E-state index contributed by atoms with van der Waals surface area (Å²) in [5, 5.41) is 4.45. The molecule has 0 bridgehead atoms. The molecule has 1 aromatic rings. The molecule has 0 aromatic heterocycles. The number of allylic oxidation sites excluding steroid dienone is 4. The molecule has 5 nitrogen and oxygen atoms in total. The number of amidine groups is 1. The van der Waals surface area contributed by atoms with Crippen LogP contribution in [0.2, 0.25) is 5.02 Å². The summed E-state index contributed by atoms with van der Waals surface area (Å²) in [6, 6.07) is 5.16. The molecule has 31 heavy (non-hydrogen) atoms. The summed E-state index contributed by atoms with van der Waals surface area (Å²) in [7, 11) is 0. The van der Waals surface area contributed by atoms with E-state index in [2.05, 4.69) is 37.2 Å². The topological polar surface area (TPSA) is 79.5 Å². The van der Waals surface area contributed by atoms with Crippen LogP contribution >= 0.6 is 23.2 Å². The van der Waals surface area contributed by atoms with Crippen LogP contribution in [0.15, 0.2) is 58.6 Å². The number of amides is 1. The second kappa shape index (κ2) is 8.45. The number of fused-ring (bicyclic) bond motifs is 2. The van der Waals surface area contributed by atoms with Crippen molar-refractivity contribution >= 4 is 40.6 Å². The van der Waals surface area contributed by atoms with E-state index < -0.39 is 11.5 Å². The minimum absolute atomic E-state index is 0.0538. The largest absolute Gasteiger partial charge is 0.325 e. The van der Waals surface area contributed by atoms with Gasteiger partial charge in [-0.05, 0) is 54.4 Å². The number of carbonyl (C=O) groups excluding carboxylic acids is 1. The molecule has 1 aromatic carbocycles. The van der Waals surface area contributed by atoms with Crippen molar-refractivity contribution in [3.05, 3.63) is 64.2 Å². The monoisotopic (exact) mass is 458 g/mol. The molecule has 2 aliphatic heterocycles. The van der Waals surface area contributed by atoms with Gasteiger partial charge in [0.2, 0.25) is 5.91 Å². The van der Waals surface area contributed by atoms with Gasteiger partial charge in [-0.15, -0.1) is 0 Å². The molecule has 164 valence electrons. The third-order valence-corrected chi connectivity index (χ3v) is 7.09. The first-order valence-electron chi connectivity index (χ1n) is 10.6. The van der Waals surface area contributed by atoms with Gasteiger partial charge < -0.3 is 10.7 Å². The van der Waals surface area contributed by atoms with Crippen LogP contribution in [0.3, 0.4) is 0 Å². The summed E-state index contributed by atoms with van der Waals surface area (Å²) in [4.78, 5) is 18.8. The number of nitrogens with two attached hydrogens (primary N) is 1. The molecular weight excluding hydrogens is 431 g/mol. The second-order valence-electron chi connectivity index (χ2n) is 9.07. The quantitative estimate of drug-likeness (QED) is 0.334. The summed E-state index contributed by atoms with van der Waals surface area (Å²) < 4.78 is 0. The van der Waals surface area contributed by atoms with E-state index in [9.17, 15) is 4.79 Å². The summed E-state index contributed by atoms with van der Waals surface area (Å²) in [5.74, 6) is 6.79. The number of aliphatic imine (C=N–C) groups is 1. The fourth-order valence-corrected chi connectivity index (χ4v) is 5.85. The van der Waals surface area contributed by atoms with Gasteiger partial charge in [-0.2, -0.15) is 0 Å². The Morgan fingerprint density at radius 3 is 2.84 bits per heavy atom. The minimum atomic E-state index is -0.907. The first-order chi connectivity index (χ1) is 14.8. The van der Waals surface area contributed by atoms with Gasteiger partial charge >= 0.3 is 0 Å². The SMILES string of the molecule is C=C(CC(C)C)[C@H]1N=C(NN)C[C@@H](C2C=CC=C(Cl)C2)[C@]12C(=O)Nc1cc(Cl)ccc12. The Morgan fingerprint density at radius 2 is 2.16 bits per heavy atom. The fraction of sp³-hybridized carbons (Fsp3) is 0.417. The van der Waals surface area contributed by atoms with Crippen LogP contribution in [0, 0.1) is 17.8 Å². The number of hydrogen-bond acceptors (Lipinski definition) is 4. The maximum Gasteiger partial charge on any atom is 0.237 e. The predicted molar refractivity (Wildman–Crippen MR) is 128 cm³/mol. The highest BCUT2D eigenvalue weighted by Crippen LogP contribution is 2.55. The molecule has 4 N–H and O–H groups in total. The molecule has 1 aliphatic carbocycles. The van der Waals surface area contributed by atoms with Gasteiger partial charge in [0.05, 0.1) is 6.04 Å². The zero-order valence-electron chi connectivity index (χ0n) is 17.8. The van der Waals surface area contributed by atoms with Crippen molar-refractivity contribution in [2.24, 2.45) is 28.6 Å². The zero-order valence-corrected chi connectivity index (χ0v) is 19.3. The lowest BCUT2D eigenvalue weighted by molar-refractivity contribution is -0.124. The van der Waals surface area contributed by atoms with Crippen molar-refractivity contribution in [2.75, 3.05) is 5.32 Å². The van der Waals surface area contributed by atoms with Crippen molar-refractivity contribution in [3.8, 4) is 0 Å². The molecular formula is C24H28Cl2N4O. The average Bonchev–Trinajstić information content (AvgIpc) is 2.99. The number of carbonyl (C=O) groups is 1. The highest BCUT2D eigenvalue weighted by Gasteiger charge is 2.61. The van der Waals surface area contributed by atoms with E-state index in [-0.39, 0.29) is 17.7 Å². The predicted octanol–water partition coefficient (Wildman–Crippen LogP) is 5.08. The number of rotatable bonds is 4. The van der Waals surface area contributed by atoms with Crippen LogP contribution in [0.25, 0.3) is 0 Å². The van der Waals surface area contributed by atoms with Gasteiger partial charge in [-0.25, -0.2) is 5.84 Å². The first kappa shape index (κ1) is 22.1. The molecule has 0 fully saturated rings. The third-order valence-electron chi connectivity index (χ3n) is 6.57. The number of benzene rings is 1. The molecule has 0 saturated heterocycles. The Balaban J connectivity index is 1.94. The molecule has 2 heterocycles. The summed E-state index contributed by atoms with van der Waals surface area (Å²) in [6.07, 6.45) is 7.98. The number of hydrogen-bond donors (Lipinski definition) is 3. The molecule has 1 spiro atoms. The van der Waals surface area contributed by atoms with Gasteiger partial charge in [0.1, 0.15) is 11.3 Å². The number of anilines is 1. The van der Waals surface area contributed by atoms with E-state index in [0.29, 0.717) is 29.6 Å². The van der Waals surface area contributed by atoms with Gasteiger partial charge in [-0.3, -0.25) is 9.79 Å². The normalized spacial score (nSPS) is 29.5. The molecule has 7 heteroatoms. The van der Waals surface area contributed by atoms with Gasteiger partial charge in [0, 0.05) is 22.2 Å². The lowest BCUT2D eigenvalue weighted by Gasteiger charge is -2.47. The maximum atomic E-state index is 13.9. The van der Waals surface area contributed by atoms with Gasteiger partial charge in [0.25, 0.3) is 0 Å². The van der Waals surface area contributed by atoms with Crippen molar-refractivity contribution in [1.82, 2.24) is 5.43 Å². The van der Waals surface area contributed by atoms with E-state index in [1.54, 1.807) is 0 Å². The molecule has 1 amide bonds. The van der Waals surface area contributed by atoms with E-state index in [0.717, 1.165) is 28.3 Å². The van der Waals surface area contributed by atoms with Gasteiger partial charge in [-0.1, -0.05) is 67.4 Å². The Morgan fingerprint density at radius 1 is 1.39 bits per heavy atom. The maximum absolute atomic E-state index is 13.9. The van der Waals surface area contributed by atoms with E-state index in [4.69, 9.17) is 34.0 Å². The molecule has 3 aliphatic rings. The third kappa shape index (κ3) is 3.73. The van der Waals surface area contributed by atoms with Crippen molar-refractivity contribution in [1.29, 1.82) is 0 Å². The summed E-state index contributed by atoms with van der Waals surface area (Å²) in [6.45, 7) is 8.67. The van der Waals surface area contributed by atoms with Crippen LogP contribution in [0.5, 0.6) is 0 Å². The van der Waals surface area contributed by atoms with Gasteiger partial charge in [0.15, 0.2) is 0 Å². The van der Waals surface area contributed by atoms with Crippen LogP contribution < -0.4 is 16.6 Å². The molecule has 4 rings (SSSR count). The lowest BCUT2D eigenvalue weighted by Crippen LogP contribution is -2.58. The van der Waals surface area contributed by atoms with E-state index in [1.807, 2.05) is 30.4 Å². The number of hydrazine groups is 1. The number of halogens is 2. The molecule has 0 radical (unpaired) electrons. The Bertz CT molecular complexity index is 1010. The first-order valence-corrected chi connectivity index (χ1v) is 11.4. The van der Waals surface area contributed by atoms with Crippen LogP contribution in [0.4, 0.5) is 5.69 Å². The van der Waals surface area contributed by atoms with Crippen molar-refractivity contribution in [2.45, 2.75) is 44.6 Å². The highest BCUT2D eigenvalue weighted by atomic mass is 35.5. The van der Waals surface area contributed by atoms with Crippen molar-refractivity contribution < 1.29 is 4.79 Å². The summed E-state index contributed by atoms with van der Waals surface area (Å²) in [5.41, 5.74) is 4.44. The number of nitrogens with one attached hydrogen (secondary N) is 2. The summed E-state index contributed by atoms with van der Waals surface area (Å²) >= 11 is 12.7. The van der Waals surface area contributed by atoms with Crippen LogP contribution in [-0.2, 0) is 10.2 Å². The highest BCUT2D eigenvalue weighted by molar-refractivity contribution is 6.31. The molecule has 1 unspecified atom stereocenters. The fourth-order valence-electron chi connectivity index (χ4n) is 5.43. The van der Waals surface area contributed by atoms with Crippen molar-refractivity contribution in [3.63, 3.8) is 0 Å². The minimum Gasteiger partial charge on any atom is -0.325 e. The Hall–Kier alpha value is -2.08. The lowest BCUT2D eigenvalue weighted by atomic mass is 9.57.